The maximum atomic E-state index is 5.25. The Hall–Kier alpha value is 0.0969. The van der Waals surface area contributed by atoms with Gasteiger partial charge in [0.25, 0.3) is 0 Å². The quantitative estimate of drug-likeness (QED) is 0.599. The molecule has 0 aromatic heterocycles. The average Bonchev–Trinajstić information content (AvgIpc) is 2.03. The first-order valence-electron chi connectivity index (χ1n) is 3.96. The van der Waals surface area contributed by atoms with E-state index in [1.165, 1.54) is 0 Å². The van der Waals surface area contributed by atoms with Gasteiger partial charge in [-0.3, -0.25) is 0 Å². The van der Waals surface area contributed by atoms with Crippen LogP contribution in [0.2, 0.25) is 5.54 Å². The van der Waals surface area contributed by atoms with Crippen molar-refractivity contribution in [3.8, 4) is 0 Å². The lowest BCUT2D eigenvalue weighted by Gasteiger charge is -2.18. The van der Waals surface area contributed by atoms with E-state index in [1.54, 1.807) is 14.2 Å². The largest absolute Gasteiger partial charge is 0.400 e. The van der Waals surface area contributed by atoms with Crippen LogP contribution in [0.25, 0.3) is 0 Å². The van der Waals surface area contributed by atoms with E-state index in [1.807, 2.05) is 7.05 Å². The summed E-state index contributed by atoms with van der Waals surface area (Å²) in [4.78, 5) is 0. The second kappa shape index (κ2) is 6.79. The van der Waals surface area contributed by atoms with Gasteiger partial charge in [-0.1, -0.05) is 6.92 Å². The van der Waals surface area contributed by atoms with Crippen LogP contribution in [0.1, 0.15) is 13.3 Å². The first-order chi connectivity index (χ1) is 5.26. The highest BCUT2D eigenvalue weighted by atomic mass is 28.3. The molecule has 0 rings (SSSR count). The first-order valence-corrected chi connectivity index (χ1v) is 5.57. The van der Waals surface area contributed by atoms with Crippen LogP contribution in [0.4, 0.5) is 0 Å². The molecule has 0 aliphatic carbocycles. The van der Waals surface area contributed by atoms with Gasteiger partial charge in [-0.15, -0.1) is 0 Å². The van der Waals surface area contributed by atoms with Crippen LogP contribution in [0, 0.1) is 0 Å². The van der Waals surface area contributed by atoms with Gasteiger partial charge in [-0.05, 0) is 25.6 Å². The number of hydrogen-bond donors (Lipinski definition) is 1. The maximum absolute atomic E-state index is 5.25. The van der Waals surface area contributed by atoms with Gasteiger partial charge >= 0.3 is 9.28 Å². The molecule has 0 saturated heterocycles. The standard InChI is InChI=1S/C7H19NO2Si/c1-7(5-6-8-2)11(9-3)10-4/h7-8,11H,5-6H2,1-4H3. The normalized spacial score (nSPS) is 13.9. The summed E-state index contributed by atoms with van der Waals surface area (Å²) in [5.74, 6) is 0. The fourth-order valence-electron chi connectivity index (χ4n) is 1.07. The molecule has 0 amide bonds. The summed E-state index contributed by atoms with van der Waals surface area (Å²) in [6.45, 7) is 3.22. The molecule has 0 aliphatic rings. The van der Waals surface area contributed by atoms with Crippen molar-refractivity contribution in [3.63, 3.8) is 0 Å². The van der Waals surface area contributed by atoms with E-state index in [4.69, 9.17) is 8.85 Å². The number of rotatable bonds is 6. The Morgan fingerprint density at radius 1 is 1.36 bits per heavy atom. The lowest BCUT2D eigenvalue weighted by molar-refractivity contribution is 0.265. The Morgan fingerprint density at radius 3 is 2.27 bits per heavy atom. The van der Waals surface area contributed by atoms with Crippen LogP contribution in [0.3, 0.4) is 0 Å². The molecule has 0 bridgehead atoms. The van der Waals surface area contributed by atoms with E-state index < -0.39 is 9.28 Å². The fraction of sp³-hybridized carbons (Fsp3) is 1.00. The predicted molar refractivity (Wildman–Crippen MR) is 49.1 cm³/mol. The Kier molecular flexibility index (Phi) is 6.85. The van der Waals surface area contributed by atoms with Crippen LogP contribution >= 0.6 is 0 Å². The third-order valence-corrected chi connectivity index (χ3v) is 3.97. The van der Waals surface area contributed by atoms with Crippen LogP contribution in [-0.2, 0) is 8.85 Å². The van der Waals surface area contributed by atoms with Crippen molar-refractivity contribution in [1.29, 1.82) is 0 Å². The van der Waals surface area contributed by atoms with Crippen LogP contribution in [-0.4, -0.2) is 37.1 Å². The molecule has 68 valence electrons. The van der Waals surface area contributed by atoms with E-state index in [0.29, 0.717) is 5.54 Å². The molecule has 0 radical (unpaired) electrons. The van der Waals surface area contributed by atoms with Crippen molar-refractivity contribution in [2.75, 3.05) is 27.8 Å². The minimum Gasteiger partial charge on any atom is -0.400 e. The first kappa shape index (κ1) is 11.1. The van der Waals surface area contributed by atoms with Crippen molar-refractivity contribution >= 4 is 9.28 Å². The molecule has 4 heteroatoms. The fourth-order valence-corrected chi connectivity index (χ4v) is 2.63. The SMILES string of the molecule is CNCCC(C)[SiH](OC)OC. The smallest absolute Gasteiger partial charge is 0.323 e. The molecular weight excluding hydrogens is 158 g/mol. The summed E-state index contributed by atoms with van der Waals surface area (Å²) in [5.41, 5.74) is 0.581. The van der Waals surface area contributed by atoms with Gasteiger partial charge in [0.2, 0.25) is 0 Å². The van der Waals surface area contributed by atoms with Gasteiger partial charge in [0.15, 0.2) is 0 Å². The molecule has 0 fully saturated rings. The summed E-state index contributed by atoms with van der Waals surface area (Å²) in [7, 11) is 4.07. The molecule has 11 heavy (non-hydrogen) atoms. The Morgan fingerprint density at radius 2 is 1.91 bits per heavy atom. The third kappa shape index (κ3) is 4.52. The molecule has 0 saturated carbocycles. The Bertz CT molecular complexity index is 88.5. The molecule has 0 heterocycles. The summed E-state index contributed by atoms with van der Waals surface area (Å²) < 4.78 is 10.5. The summed E-state index contributed by atoms with van der Waals surface area (Å²) in [6.07, 6.45) is 1.13. The van der Waals surface area contributed by atoms with E-state index in [-0.39, 0.29) is 0 Å². The highest BCUT2D eigenvalue weighted by Crippen LogP contribution is 2.13. The van der Waals surface area contributed by atoms with Crippen LogP contribution in [0.5, 0.6) is 0 Å². The van der Waals surface area contributed by atoms with Crippen LogP contribution < -0.4 is 5.32 Å². The van der Waals surface area contributed by atoms with E-state index in [9.17, 15) is 0 Å². The van der Waals surface area contributed by atoms with Gasteiger partial charge in [0.1, 0.15) is 0 Å². The lowest BCUT2D eigenvalue weighted by Crippen LogP contribution is -2.26. The van der Waals surface area contributed by atoms with Gasteiger partial charge in [-0.25, -0.2) is 0 Å². The van der Waals surface area contributed by atoms with Crippen molar-refractivity contribution in [3.05, 3.63) is 0 Å². The Balaban J connectivity index is 3.51. The highest BCUT2D eigenvalue weighted by Gasteiger charge is 2.18. The van der Waals surface area contributed by atoms with Crippen molar-refractivity contribution in [2.24, 2.45) is 0 Å². The topological polar surface area (TPSA) is 30.5 Å². The zero-order valence-corrected chi connectivity index (χ0v) is 9.04. The van der Waals surface area contributed by atoms with Crippen molar-refractivity contribution in [1.82, 2.24) is 5.32 Å². The zero-order chi connectivity index (χ0) is 8.69. The molecule has 0 aromatic carbocycles. The minimum absolute atomic E-state index is 0.581. The van der Waals surface area contributed by atoms with Crippen molar-refractivity contribution < 1.29 is 8.85 Å². The molecule has 1 atom stereocenters. The van der Waals surface area contributed by atoms with E-state index in [0.717, 1.165) is 13.0 Å². The molecule has 1 N–H and O–H groups in total. The second-order valence-electron chi connectivity index (χ2n) is 2.71. The molecule has 0 aliphatic heterocycles. The third-order valence-electron chi connectivity index (χ3n) is 1.78. The maximum Gasteiger partial charge on any atom is 0.323 e. The Labute approximate surface area is 70.9 Å². The molecule has 0 spiro atoms. The number of nitrogens with one attached hydrogen (secondary N) is 1. The summed E-state index contributed by atoms with van der Waals surface area (Å²) in [6, 6.07) is 0. The van der Waals surface area contributed by atoms with Gasteiger partial charge in [0.05, 0.1) is 0 Å². The van der Waals surface area contributed by atoms with Gasteiger partial charge in [0, 0.05) is 14.2 Å². The molecular formula is C7H19NO2Si. The molecule has 0 aromatic rings. The monoisotopic (exact) mass is 177 g/mol. The van der Waals surface area contributed by atoms with Crippen molar-refractivity contribution in [2.45, 2.75) is 18.9 Å². The molecule has 1 unspecified atom stereocenters. The van der Waals surface area contributed by atoms with Gasteiger partial charge in [-0.2, -0.15) is 0 Å². The van der Waals surface area contributed by atoms with Gasteiger partial charge < -0.3 is 14.2 Å². The van der Waals surface area contributed by atoms with E-state index >= 15 is 0 Å². The minimum atomic E-state index is -1.36. The predicted octanol–water partition coefficient (Wildman–Crippen LogP) is 0.499. The zero-order valence-electron chi connectivity index (χ0n) is 7.89. The summed E-state index contributed by atoms with van der Waals surface area (Å²) in [5, 5.41) is 3.11. The van der Waals surface area contributed by atoms with E-state index in [2.05, 4.69) is 12.2 Å². The lowest BCUT2D eigenvalue weighted by atomic mass is 10.3. The average molecular weight is 177 g/mol. The highest BCUT2D eigenvalue weighted by molar-refractivity contribution is 6.46. The second-order valence-corrected chi connectivity index (χ2v) is 5.53. The van der Waals surface area contributed by atoms with Crippen LogP contribution in [0.15, 0.2) is 0 Å². The molecule has 3 nitrogen and oxygen atoms in total. The number of hydrogen-bond acceptors (Lipinski definition) is 3. The summed E-state index contributed by atoms with van der Waals surface area (Å²) >= 11 is 0.